The Hall–Kier alpha value is -4.19. The van der Waals surface area contributed by atoms with E-state index >= 15 is 0 Å². The van der Waals surface area contributed by atoms with Crippen molar-refractivity contribution < 1.29 is 33.4 Å². The van der Waals surface area contributed by atoms with Gasteiger partial charge in [-0.05, 0) is 61.8 Å². The Morgan fingerprint density at radius 3 is 2.55 bits per heavy atom. The zero-order valence-electron chi connectivity index (χ0n) is 25.7. The molecule has 4 bridgehead atoms. The summed E-state index contributed by atoms with van der Waals surface area (Å²) in [6.45, 7) is 5.09. The minimum atomic E-state index is -1.10. The van der Waals surface area contributed by atoms with Gasteiger partial charge in [0.15, 0.2) is 11.5 Å². The second-order valence-corrected chi connectivity index (χ2v) is 12.1. The number of carbonyl (C=O) groups is 4. The van der Waals surface area contributed by atoms with Gasteiger partial charge in [-0.25, -0.2) is 0 Å². The molecule has 0 radical (unpaired) electrons. The first-order chi connectivity index (χ1) is 21.1. The molecule has 2 aromatic rings. The number of benzene rings is 1. The average molecular weight is 608 g/mol. The van der Waals surface area contributed by atoms with Gasteiger partial charge in [0, 0.05) is 49.8 Å². The number of nitrogens with zero attached hydrogens (tertiary/aromatic N) is 2. The number of hydrogen-bond acceptors (Lipinski definition) is 8. The molecular weight excluding hydrogens is 566 g/mol. The van der Waals surface area contributed by atoms with Gasteiger partial charge in [0.05, 0.1) is 19.8 Å². The van der Waals surface area contributed by atoms with Crippen LogP contribution in [0.1, 0.15) is 61.9 Å². The van der Waals surface area contributed by atoms with E-state index in [1.54, 1.807) is 17.2 Å². The number of pyridine rings is 1. The second-order valence-electron chi connectivity index (χ2n) is 12.1. The number of methoxy groups -OCH3 is 2. The van der Waals surface area contributed by atoms with Gasteiger partial charge >= 0.3 is 0 Å². The van der Waals surface area contributed by atoms with E-state index < -0.39 is 29.5 Å². The lowest BCUT2D eigenvalue weighted by Crippen LogP contribution is -2.56. The van der Waals surface area contributed by atoms with E-state index in [1.807, 2.05) is 26.0 Å². The molecule has 2 aliphatic heterocycles. The largest absolute Gasteiger partial charge is 0.493 e. The Labute approximate surface area is 257 Å². The highest BCUT2D eigenvalue weighted by Crippen LogP contribution is 2.40. The maximum atomic E-state index is 13.6. The van der Waals surface area contributed by atoms with Gasteiger partial charge in [0.1, 0.15) is 17.7 Å². The molecule has 44 heavy (non-hydrogen) atoms. The molecule has 1 aromatic heterocycles. The Bertz CT molecular complexity index is 1420. The van der Waals surface area contributed by atoms with Crippen LogP contribution in [0.15, 0.2) is 30.6 Å². The van der Waals surface area contributed by atoms with Crippen LogP contribution in [0.3, 0.4) is 0 Å². The van der Waals surface area contributed by atoms with E-state index in [-0.39, 0.29) is 42.9 Å². The summed E-state index contributed by atoms with van der Waals surface area (Å²) in [5.74, 6) is -0.328. The Kier molecular flexibility index (Phi) is 9.38. The number of carbonyl (C=O) groups excluding carboxylic acids is 4. The summed E-state index contributed by atoms with van der Waals surface area (Å²) >= 11 is 0. The number of ether oxygens (including phenoxy) is 3. The van der Waals surface area contributed by atoms with E-state index in [1.165, 1.54) is 20.4 Å². The zero-order chi connectivity index (χ0) is 31.4. The lowest BCUT2D eigenvalue weighted by Gasteiger charge is -2.28. The topological polar surface area (TPSA) is 148 Å². The van der Waals surface area contributed by atoms with Crippen LogP contribution >= 0.6 is 0 Å². The first kappa shape index (κ1) is 31.2. The molecule has 3 N–H and O–H groups in total. The quantitative estimate of drug-likeness (QED) is 0.469. The number of aromatic nitrogens is 1. The second kappa shape index (κ2) is 13.2. The minimum absolute atomic E-state index is 0.124. The number of nitrogens with one attached hydrogen (secondary N) is 3. The summed E-state index contributed by atoms with van der Waals surface area (Å²) in [5.41, 5.74) is 1.15. The molecular formula is C32H41N5O7. The molecule has 2 atom stereocenters. The van der Waals surface area contributed by atoms with Crippen molar-refractivity contribution in [2.45, 2.75) is 70.2 Å². The number of hydrogen-bond donors (Lipinski definition) is 3. The van der Waals surface area contributed by atoms with Gasteiger partial charge < -0.3 is 35.1 Å². The van der Waals surface area contributed by atoms with Crippen LogP contribution < -0.4 is 25.4 Å². The van der Waals surface area contributed by atoms with E-state index in [4.69, 9.17) is 14.2 Å². The maximum Gasteiger partial charge on any atom is 0.253 e. The fourth-order valence-electron chi connectivity index (χ4n) is 5.76. The summed E-state index contributed by atoms with van der Waals surface area (Å²) < 4.78 is 17.1. The van der Waals surface area contributed by atoms with Crippen molar-refractivity contribution in [3.63, 3.8) is 0 Å². The van der Waals surface area contributed by atoms with Crippen LogP contribution in [-0.4, -0.2) is 85.1 Å². The Morgan fingerprint density at radius 2 is 1.89 bits per heavy atom. The van der Waals surface area contributed by atoms with E-state index in [0.717, 1.165) is 12.0 Å². The normalized spacial score (nSPS) is 22.0. The molecule has 1 saturated heterocycles. The molecule has 236 valence electrons. The minimum Gasteiger partial charge on any atom is -0.493 e. The van der Waals surface area contributed by atoms with Gasteiger partial charge in [-0.2, -0.15) is 0 Å². The van der Waals surface area contributed by atoms with Gasteiger partial charge in [-0.3, -0.25) is 24.2 Å². The summed E-state index contributed by atoms with van der Waals surface area (Å²) in [4.78, 5) is 59.8. The van der Waals surface area contributed by atoms with Crippen molar-refractivity contribution in [1.82, 2.24) is 25.8 Å². The lowest BCUT2D eigenvalue weighted by molar-refractivity contribution is -0.141. The van der Waals surface area contributed by atoms with Gasteiger partial charge in [-0.15, -0.1) is 0 Å². The van der Waals surface area contributed by atoms with E-state index in [9.17, 15) is 19.2 Å². The van der Waals surface area contributed by atoms with Crippen LogP contribution in [0.25, 0.3) is 11.1 Å². The van der Waals surface area contributed by atoms with Crippen molar-refractivity contribution in [3.05, 3.63) is 41.7 Å². The molecule has 3 aliphatic rings. The summed E-state index contributed by atoms with van der Waals surface area (Å²) in [6.07, 6.45) is 5.28. The summed E-state index contributed by atoms with van der Waals surface area (Å²) in [7, 11) is 3.06. The third-order valence-corrected chi connectivity index (χ3v) is 8.29. The molecule has 2 fully saturated rings. The van der Waals surface area contributed by atoms with Gasteiger partial charge in [0.25, 0.3) is 11.8 Å². The molecule has 1 saturated carbocycles. The Balaban J connectivity index is 1.56. The standard InChI is InChI=1S/C32H41N5O7/c1-19(2)12-24-29(39)34-9-10-37(30(40)25-6-5-11-44-25)18-20-13-23(27(43-4)26(14-20)42-3)21-15-22(17-33-16-21)28(38)36-32(7-8-32)31(41)35-24/h13-17,19,24-25H,5-12,18H2,1-4H3,(H,34,39)(H,35,41)(H,36,38)/t24-,25-/m1/s1. The van der Waals surface area contributed by atoms with Crippen LogP contribution in [-0.2, 0) is 25.7 Å². The smallest absolute Gasteiger partial charge is 0.253 e. The van der Waals surface area contributed by atoms with Gasteiger partial charge in [0.2, 0.25) is 11.8 Å². The zero-order valence-corrected chi connectivity index (χ0v) is 25.7. The highest BCUT2D eigenvalue weighted by molar-refractivity contribution is 6.02. The molecule has 1 aliphatic carbocycles. The van der Waals surface area contributed by atoms with E-state index in [2.05, 4.69) is 20.9 Å². The van der Waals surface area contributed by atoms with Crippen LogP contribution in [0, 0.1) is 5.92 Å². The van der Waals surface area contributed by atoms with Crippen LogP contribution in [0.5, 0.6) is 11.5 Å². The summed E-state index contributed by atoms with van der Waals surface area (Å²) in [6, 6.07) is 4.58. The fourth-order valence-corrected chi connectivity index (χ4v) is 5.76. The molecule has 3 heterocycles. The molecule has 0 unspecified atom stereocenters. The van der Waals surface area contributed by atoms with Gasteiger partial charge in [-0.1, -0.05) is 13.8 Å². The van der Waals surface area contributed by atoms with Crippen molar-refractivity contribution >= 4 is 23.6 Å². The van der Waals surface area contributed by atoms with Crippen molar-refractivity contribution in [3.8, 4) is 22.6 Å². The third kappa shape index (κ3) is 6.80. The molecule has 4 amide bonds. The predicted octanol–water partition coefficient (Wildman–Crippen LogP) is 2.20. The maximum absolute atomic E-state index is 13.6. The third-order valence-electron chi connectivity index (χ3n) is 8.29. The average Bonchev–Trinajstić information content (AvgIpc) is 3.58. The van der Waals surface area contributed by atoms with Crippen molar-refractivity contribution in [2.75, 3.05) is 33.9 Å². The van der Waals surface area contributed by atoms with Crippen LogP contribution in [0.4, 0.5) is 0 Å². The molecule has 12 nitrogen and oxygen atoms in total. The highest BCUT2D eigenvalue weighted by Gasteiger charge is 2.52. The predicted molar refractivity (Wildman–Crippen MR) is 161 cm³/mol. The molecule has 1 aromatic carbocycles. The summed E-state index contributed by atoms with van der Waals surface area (Å²) in [5, 5.41) is 8.69. The monoisotopic (exact) mass is 607 g/mol. The van der Waals surface area contributed by atoms with Crippen molar-refractivity contribution in [1.29, 1.82) is 0 Å². The van der Waals surface area contributed by atoms with Crippen molar-refractivity contribution in [2.24, 2.45) is 5.92 Å². The van der Waals surface area contributed by atoms with E-state index in [0.29, 0.717) is 54.9 Å². The first-order valence-electron chi connectivity index (χ1n) is 15.2. The highest BCUT2D eigenvalue weighted by atomic mass is 16.5. The molecule has 5 rings (SSSR count). The number of fused-ring (bicyclic) bond motifs is 5. The number of amides is 4. The lowest BCUT2D eigenvalue weighted by atomic mass is 10.00. The number of rotatable bonds is 5. The molecule has 1 spiro atoms. The van der Waals surface area contributed by atoms with Crippen LogP contribution in [0.2, 0.25) is 0 Å². The first-order valence-corrected chi connectivity index (χ1v) is 15.2. The molecule has 12 heteroatoms. The fraction of sp³-hybridized carbons (Fsp3) is 0.531. The SMILES string of the molecule is COc1cc2cc(c1OC)-c1cncc(c1)C(=O)NC1(CC1)C(=O)N[C@H](CC(C)C)C(=O)NCCN(C(=O)[C@H]1CCCO1)C2. The Morgan fingerprint density at radius 1 is 1.11 bits per heavy atom.